The van der Waals surface area contributed by atoms with Crippen molar-refractivity contribution in [3.63, 3.8) is 0 Å². The van der Waals surface area contributed by atoms with Crippen molar-refractivity contribution in [1.29, 1.82) is 0 Å². The number of nitrogens with one attached hydrogen (secondary N) is 4. The first kappa shape index (κ1) is 32.8. The predicted molar refractivity (Wildman–Crippen MR) is 169 cm³/mol. The van der Waals surface area contributed by atoms with Gasteiger partial charge in [0, 0.05) is 15.6 Å². The number of hydrogen-bond acceptors (Lipinski definition) is 4. The lowest BCUT2D eigenvalue weighted by Crippen LogP contribution is -2.57. The molecule has 0 fully saturated rings. The van der Waals surface area contributed by atoms with Crippen LogP contribution in [0.5, 0.6) is 0 Å². The molecule has 0 bridgehead atoms. The molecular formula is C34H52N4O4. The molecule has 0 aromatic heterocycles. The normalized spacial score (nSPS) is 12.5. The van der Waals surface area contributed by atoms with Crippen LogP contribution in [0.2, 0.25) is 0 Å². The molecule has 0 spiro atoms. The number of amides is 4. The van der Waals surface area contributed by atoms with E-state index < -0.39 is 11.3 Å². The van der Waals surface area contributed by atoms with Crippen molar-refractivity contribution in [2.24, 2.45) is 10.8 Å². The van der Waals surface area contributed by atoms with E-state index in [4.69, 9.17) is 2.74 Å². The molecule has 0 aliphatic heterocycles. The summed E-state index contributed by atoms with van der Waals surface area (Å²) < 4.78 is 15.2. The Balaban J connectivity index is 0.000000449. The molecule has 8 nitrogen and oxygen atoms in total. The molecular weight excluding hydrogens is 528 g/mol. The molecule has 0 saturated heterocycles. The first-order chi connectivity index (χ1) is 20.3. The van der Waals surface area contributed by atoms with Crippen LogP contribution in [0.15, 0.2) is 60.7 Å². The topological polar surface area (TPSA) is 116 Å². The van der Waals surface area contributed by atoms with Crippen LogP contribution in [0, 0.1) is 10.8 Å². The first-order valence-corrected chi connectivity index (χ1v) is 14.2. The van der Waals surface area contributed by atoms with Crippen LogP contribution in [0.1, 0.15) is 95.9 Å². The van der Waals surface area contributed by atoms with E-state index in [0.717, 1.165) is 11.1 Å². The van der Waals surface area contributed by atoms with Crippen molar-refractivity contribution in [3.8, 4) is 0 Å². The smallest absolute Gasteiger partial charge is 0.226 e. The van der Waals surface area contributed by atoms with E-state index in [-0.39, 0.29) is 61.1 Å². The first-order valence-electron chi connectivity index (χ1n) is 15.6. The van der Waals surface area contributed by atoms with Gasteiger partial charge in [-0.05, 0) is 49.6 Å². The average Bonchev–Trinajstić information content (AvgIpc) is 2.87. The fourth-order valence-corrected chi connectivity index (χ4v) is 4.00. The highest BCUT2D eigenvalue weighted by Crippen LogP contribution is 2.20. The van der Waals surface area contributed by atoms with Crippen molar-refractivity contribution >= 4 is 23.6 Å². The molecule has 0 aliphatic rings. The average molecular weight is 583 g/mol. The number of rotatable bonds is 10. The zero-order chi connectivity index (χ0) is 33.6. The molecule has 42 heavy (non-hydrogen) atoms. The molecule has 2 aromatic carbocycles. The highest BCUT2D eigenvalue weighted by atomic mass is 16.2. The van der Waals surface area contributed by atoms with E-state index in [1.807, 2.05) is 102 Å². The summed E-state index contributed by atoms with van der Waals surface area (Å²) in [5.41, 5.74) is -0.566. The molecule has 0 atom stereocenters. The van der Waals surface area contributed by atoms with Crippen molar-refractivity contribution < 1.29 is 21.9 Å². The monoisotopic (exact) mass is 582 g/mol. The summed E-state index contributed by atoms with van der Waals surface area (Å²) in [6, 6.07) is 18.7. The van der Waals surface area contributed by atoms with Crippen LogP contribution < -0.4 is 21.3 Å². The zero-order valence-corrected chi connectivity index (χ0v) is 26.6. The molecule has 8 heteroatoms. The summed E-state index contributed by atoms with van der Waals surface area (Å²) in [5.74, 6) is -0.751. The minimum atomic E-state index is -1.09. The molecule has 0 heterocycles. The lowest BCUT2D eigenvalue weighted by atomic mass is 9.91. The fourth-order valence-electron chi connectivity index (χ4n) is 4.00. The van der Waals surface area contributed by atoms with Gasteiger partial charge in [0.15, 0.2) is 0 Å². The lowest BCUT2D eigenvalue weighted by Gasteiger charge is -2.30. The highest BCUT2D eigenvalue weighted by Gasteiger charge is 2.27. The second-order valence-electron chi connectivity index (χ2n) is 13.7. The number of carbonyl (C=O) groups excluding carboxylic acids is 4. The Morgan fingerprint density at radius 1 is 0.524 bits per heavy atom. The molecule has 0 saturated carbocycles. The summed E-state index contributed by atoms with van der Waals surface area (Å²) >= 11 is 0. The fraction of sp³-hybridized carbons (Fsp3) is 0.529. The molecule has 4 N–H and O–H groups in total. The standard InChI is InChI=1S/C19H22N2O2.C15H30N2O2/c1-19(2,20-17(22)13-15-9-5-3-6-10-15)21-18(23)14-16-11-7-4-8-12-16;1-13(2,3)9-11(18)16-15(7,8)17-12(19)10-14(4,5)6/h3-12H,13-14H2,1-2H3,(H,20,22)(H,21,23);9-10H2,1-8H3,(H,16,18)(H,17,19)/i1D;7D. The second-order valence-corrected chi connectivity index (χ2v) is 13.7. The van der Waals surface area contributed by atoms with Crippen molar-refractivity contribution in [1.82, 2.24) is 21.3 Å². The van der Waals surface area contributed by atoms with Crippen molar-refractivity contribution in [2.75, 3.05) is 0 Å². The van der Waals surface area contributed by atoms with Gasteiger partial charge in [-0.1, -0.05) is 102 Å². The molecule has 4 amide bonds. The van der Waals surface area contributed by atoms with Gasteiger partial charge < -0.3 is 21.3 Å². The minimum absolute atomic E-state index is 0.0984. The third kappa shape index (κ3) is 17.9. The van der Waals surface area contributed by atoms with Gasteiger partial charge in [0.1, 0.15) is 11.3 Å². The third-order valence-electron chi connectivity index (χ3n) is 5.46. The van der Waals surface area contributed by atoms with Gasteiger partial charge in [-0.25, -0.2) is 0 Å². The summed E-state index contributed by atoms with van der Waals surface area (Å²) in [6.45, 7) is 14.9. The summed E-state index contributed by atoms with van der Waals surface area (Å²) in [5, 5.41) is 11.0. The van der Waals surface area contributed by atoms with E-state index in [1.54, 1.807) is 13.8 Å². The zero-order valence-electron chi connectivity index (χ0n) is 28.6. The molecule has 2 rings (SSSR count). The van der Waals surface area contributed by atoms with Crippen LogP contribution in [-0.4, -0.2) is 35.0 Å². The van der Waals surface area contributed by atoms with Crippen LogP contribution >= 0.6 is 0 Å². The van der Waals surface area contributed by atoms with Crippen LogP contribution in [-0.2, 0) is 32.0 Å². The molecule has 0 unspecified atom stereocenters. The molecule has 232 valence electrons. The largest absolute Gasteiger partial charge is 0.334 e. The Kier molecular flexibility index (Phi) is 12.1. The summed E-state index contributed by atoms with van der Waals surface area (Å²) in [6.07, 6.45) is 1.14. The van der Waals surface area contributed by atoms with E-state index in [1.165, 1.54) is 0 Å². The molecule has 2 aromatic rings. The van der Waals surface area contributed by atoms with Gasteiger partial charge in [0.25, 0.3) is 0 Å². The quantitative estimate of drug-likeness (QED) is 0.286. The predicted octanol–water partition coefficient (Wildman–Crippen LogP) is 5.27. The number of carbonyl (C=O) groups is 4. The summed E-state index contributed by atoms with van der Waals surface area (Å²) in [7, 11) is 0. The van der Waals surface area contributed by atoms with Crippen LogP contribution in [0.3, 0.4) is 0 Å². The second kappa shape index (κ2) is 15.5. The van der Waals surface area contributed by atoms with E-state index in [9.17, 15) is 19.2 Å². The minimum Gasteiger partial charge on any atom is -0.334 e. The SMILES string of the molecule is [2H]CC(C)(NC(=O)CC(C)(C)C)NC(=O)CC(C)(C)C.[2H]CC(C)(NC(=O)Cc1ccccc1)NC(=O)Cc1ccccc1. The Morgan fingerprint density at radius 3 is 1.07 bits per heavy atom. The van der Waals surface area contributed by atoms with Gasteiger partial charge in [0.05, 0.1) is 12.8 Å². The maximum absolute atomic E-state index is 12.2. The highest BCUT2D eigenvalue weighted by molar-refractivity contribution is 5.82. The van der Waals surface area contributed by atoms with E-state index in [2.05, 4.69) is 21.3 Å². The Bertz CT molecular complexity index is 1120. The maximum atomic E-state index is 12.2. The van der Waals surface area contributed by atoms with Crippen molar-refractivity contribution in [2.45, 2.75) is 106 Å². The van der Waals surface area contributed by atoms with Gasteiger partial charge in [-0.15, -0.1) is 0 Å². The van der Waals surface area contributed by atoms with Gasteiger partial charge in [-0.2, -0.15) is 0 Å². The van der Waals surface area contributed by atoms with E-state index >= 15 is 0 Å². The van der Waals surface area contributed by atoms with E-state index in [0.29, 0.717) is 12.8 Å². The maximum Gasteiger partial charge on any atom is 0.226 e. The summed E-state index contributed by atoms with van der Waals surface area (Å²) in [4.78, 5) is 48.3. The Labute approximate surface area is 255 Å². The number of benzene rings is 2. The van der Waals surface area contributed by atoms with Crippen LogP contribution in [0.4, 0.5) is 0 Å². The Hall–Kier alpha value is -3.68. The van der Waals surface area contributed by atoms with Gasteiger partial charge in [-0.3, -0.25) is 19.2 Å². The third-order valence-corrected chi connectivity index (χ3v) is 5.46. The lowest BCUT2D eigenvalue weighted by molar-refractivity contribution is -0.129. The van der Waals surface area contributed by atoms with Crippen molar-refractivity contribution in [3.05, 3.63) is 71.8 Å². The van der Waals surface area contributed by atoms with Gasteiger partial charge in [0.2, 0.25) is 23.6 Å². The van der Waals surface area contributed by atoms with Crippen LogP contribution in [0.25, 0.3) is 0 Å². The Morgan fingerprint density at radius 2 is 0.810 bits per heavy atom. The van der Waals surface area contributed by atoms with Gasteiger partial charge >= 0.3 is 0 Å². The molecule has 0 aliphatic carbocycles. The number of hydrogen-bond donors (Lipinski definition) is 4. The molecule has 0 radical (unpaired) electrons.